The van der Waals surface area contributed by atoms with Crippen molar-refractivity contribution in [1.82, 2.24) is 0 Å². The molecule has 0 saturated carbocycles. The largest absolute Gasteiger partial charge is 0.394 e. The molecule has 0 aliphatic carbocycles. The molecule has 4 N–H and O–H groups in total. The van der Waals surface area contributed by atoms with Gasteiger partial charge in [-0.3, -0.25) is 14.4 Å². The van der Waals surface area contributed by atoms with Gasteiger partial charge in [-0.05, 0) is 12.1 Å². The number of aliphatic hydroxyl groups excluding tert-OH is 1. The normalized spacial score (nSPS) is 27.2. The molecule has 0 radical (unpaired) electrons. The van der Waals surface area contributed by atoms with Crippen LogP contribution >= 0.6 is 11.8 Å². The van der Waals surface area contributed by atoms with E-state index < -0.39 is 52.3 Å². The Labute approximate surface area is 246 Å². The summed E-state index contributed by atoms with van der Waals surface area (Å²) in [4.78, 5) is 43.5. The van der Waals surface area contributed by atoms with E-state index in [-0.39, 0.29) is 16.7 Å². The fraction of sp³-hybridized carbons (Fsp3) is 0.182. The molecule has 214 valence electrons. The quantitative estimate of drug-likeness (QED) is 0.218. The van der Waals surface area contributed by atoms with Gasteiger partial charge >= 0.3 is 0 Å². The summed E-state index contributed by atoms with van der Waals surface area (Å²) in [6.07, 6.45) is -1.94. The van der Waals surface area contributed by atoms with Crippen LogP contribution in [-0.2, 0) is 4.74 Å². The van der Waals surface area contributed by atoms with Gasteiger partial charge in [0.15, 0.2) is 5.60 Å². The molecule has 8 nitrogen and oxygen atoms in total. The van der Waals surface area contributed by atoms with Crippen molar-refractivity contribution in [3.05, 3.63) is 138 Å². The third-order valence-electron chi connectivity index (χ3n) is 7.48. The minimum atomic E-state index is -3.56. The minimum Gasteiger partial charge on any atom is -0.394 e. The molecule has 5 rings (SSSR count). The molecule has 4 aromatic carbocycles. The monoisotopic (exact) mass is 584 g/mol. The molecule has 5 atom stereocenters. The Hall–Kier alpha value is -3.96. The Morgan fingerprint density at radius 2 is 0.976 bits per heavy atom. The van der Waals surface area contributed by atoms with Gasteiger partial charge in [-0.1, -0.05) is 121 Å². The van der Waals surface area contributed by atoms with E-state index in [0.29, 0.717) is 4.90 Å². The third-order valence-corrected chi connectivity index (χ3v) is 8.69. The van der Waals surface area contributed by atoms with Gasteiger partial charge in [-0.15, -0.1) is 0 Å². The Kier molecular flexibility index (Phi) is 8.25. The number of ketones is 3. The van der Waals surface area contributed by atoms with Crippen molar-refractivity contribution in [2.24, 2.45) is 0 Å². The summed E-state index contributed by atoms with van der Waals surface area (Å²) in [5.74, 6) is -3.70. The van der Waals surface area contributed by atoms with Crippen molar-refractivity contribution in [2.45, 2.75) is 33.2 Å². The van der Waals surface area contributed by atoms with E-state index >= 15 is 0 Å². The van der Waals surface area contributed by atoms with Crippen LogP contribution in [-0.4, -0.2) is 72.7 Å². The fourth-order valence-corrected chi connectivity index (χ4v) is 6.50. The molecule has 1 heterocycles. The zero-order valence-electron chi connectivity index (χ0n) is 22.2. The smallest absolute Gasteiger partial charge is 0.206 e. The first-order valence-electron chi connectivity index (χ1n) is 13.1. The van der Waals surface area contributed by atoms with Crippen molar-refractivity contribution >= 4 is 29.1 Å². The molecule has 0 aromatic heterocycles. The number of carbonyl (C=O) groups is 3. The maximum absolute atomic E-state index is 14.5. The van der Waals surface area contributed by atoms with Crippen LogP contribution in [0.2, 0.25) is 0 Å². The number of Topliss-reactive ketones (excluding diaryl/α,β-unsaturated/α-hetero) is 3. The van der Waals surface area contributed by atoms with E-state index in [1.54, 1.807) is 48.5 Å². The number of hydrogen-bond donors (Lipinski definition) is 4. The molecule has 1 aliphatic heterocycles. The molecular weight excluding hydrogens is 556 g/mol. The Bertz CT molecular complexity index is 1570. The maximum Gasteiger partial charge on any atom is 0.206 e. The van der Waals surface area contributed by atoms with Gasteiger partial charge in [-0.2, -0.15) is 0 Å². The average molecular weight is 585 g/mol. The lowest BCUT2D eigenvalue weighted by Crippen LogP contribution is -2.86. The van der Waals surface area contributed by atoms with Gasteiger partial charge in [0.05, 0.1) is 6.61 Å². The molecule has 0 bridgehead atoms. The number of thioether (sulfide) groups is 1. The first kappa shape index (κ1) is 29.5. The van der Waals surface area contributed by atoms with Crippen LogP contribution in [0.15, 0.2) is 126 Å². The molecule has 0 spiro atoms. The van der Waals surface area contributed by atoms with Crippen LogP contribution in [0.5, 0.6) is 0 Å². The molecule has 42 heavy (non-hydrogen) atoms. The Morgan fingerprint density at radius 3 is 1.40 bits per heavy atom. The number of aliphatic hydroxyl groups is 4. The van der Waals surface area contributed by atoms with Gasteiger partial charge < -0.3 is 25.2 Å². The van der Waals surface area contributed by atoms with Crippen molar-refractivity contribution in [1.29, 1.82) is 0 Å². The molecule has 9 heteroatoms. The first-order valence-corrected chi connectivity index (χ1v) is 14.0. The summed E-state index contributed by atoms with van der Waals surface area (Å²) in [5, 5.41) is 48.3. The van der Waals surface area contributed by atoms with Crippen LogP contribution in [0.4, 0.5) is 0 Å². The second-order valence-electron chi connectivity index (χ2n) is 9.90. The SMILES string of the molecule is O=C(c1ccccc1)[C@]1(O)[C@@](O)(C(=O)c2ccccc2)[C@@H](CO)O[C@@H](Sc2ccccc2)[C@]1(O)C(=O)c1ccccc1. The third kappa shape index (κ3) is 4.60. The molecule has 4 aromatic rings. The molecule has 1 aliphatic rings. The van der Waals surface area contributed by atoms with E-state index in [2.05, 4.69) is 0 Å². The minimum absolute atomic E-state index is 0.112. The lowest BCUT2D eigenvalue weighted by atomic mass is 9.59. The molecule has 0 amide bonds. The first-order chi connectivity index (χ1) is 20.2. The van der Waals surface area contributed by atoms with Crippen LogP contribution in [0.1, 0.15) is 31.1 Å². The highest BCUT2D eigenvalue weighted by molar-refractivity contribution is 8.00. The summed E-state index contributed by atoms with van der Waals surface area (Å²) in [7, 11) is 0. The number of ether oxygens (including phenoxy) is 1. The highest BCUT2D eigenvalue weighted by atomic mass is 32.2. The Balaban J connectivity index is 1.83. The van der Waals surface area contributed by atoms with Crippen LogP contribution in [0.25, 0.3) is 0 Å². The van der Waals surface area contributed by atoms with Crippen LogP contribution < -0.4 is 0 Å². The highest BCUT2D eigenvalue weighted by Crippen LogP contribution is 2.53. The topological polar surface area (TPSA) is 141 Å². The van der Waals surface area contributed by atoms with E-state index in [1.807, 2.05) is 0 Å². The lowest BCUT2D eigenvalue weighted by molar-refractivity contribution is -0.287. The van der Waals surface area contributed by atoms with E-state index in [4.69, 9.17) is 4.74 Å². The standard InChI is InChI=1S/C33H28O8S/c34-21-26-31(38,27(35)22-13-5-1-6-14-22)33(40,29(37)24-17-9-3-10-18-24)32(39,28(36)23-15-7-2-8-16-23)30(41-26)42-25-19-11-4-12-20-25/h1-20,26,30,34,38-40H,21H2/t26-,30+,31+,32-,33+/m1/s1. The Morgan fingerprint density at radius 1 is 0.595 bits per heavy atom. The molecule has 1 saturated heterocycles. The lowest BCUT2D eigenvalue weighted by Gasteiger charge is -2.58. The van der Waals surface area contributed by atoms with Crippen molar-refractivity contribution in [3.63, 3.8) is 0 Å². The van der Waals surface area contributed by atoms with Crippen molar-refractivity contribution in [2.75, 3.05) is 6.61 Å². The van der Waals surface area contributed by atoms with Gasteiger partial charge in [0.1, 0.15) is 11.5 Å². The molecular formula is C33H28O8S. The summed E-state index contributed by atoms with van der Waals surface area (Å²) < 4.78 is 6.00. The van der Waals surface area contributed by atoms with Crippen molar-refractivity contribution in [3.8, 4) is 0 Å². The maximum atomic E-state index is 14.5. The van der Waals surface area contributed by atoms with Crippen LogP contribution in [0.3, 0.4) is 0 Å². The number of rotatable bonds is 9. The second kappa shape index (κ2) is 11.7. The summed E-state index contributed by atoms with van der Waals surface area (Å²) in [6, 6.07) is 30.4. The molecule has 0 unspecified atom stereocenters. The predicted octanol–water partition coefficient (Wildman–Crippen LogP) is 3.34. The van der Waals surface area contributed by atoms with Gasteiger partial charge in [0.25, 0.3) is 0 Å². The zero-order chi connectivity index (χ0) is 30.0. The predicted molar refractivity (Wildman–Crippen MR) is 155 cm³/mol. The summed E-state index contributed by atoms with van der Waals surface area (Å²) >= 11 is 0.798. The van der Waals surface area contributed by atoms with Gasteiger partial charge in [-0.25, -0.2) is 0 Å². The average Bonchev–Trinajstić information content (AvgIpc) is 3.05. The van der Waals surface area contributed by atoms with E-state index in [0.717, 1.165) is 11.8 Å². The zero-order valence-corrected chi connectivity index (χ0v) is 23.1. The second-order valence-corrected chi connectivity index (χ2v) is 11.0. The van der Waals surface area contributed by atoms with Gasteiger partial charge in [0, 0.05) is 21.6 Å². The highest BCUT2D eigenvalue weighted by Gasteiger charge is 2.80. The van der Waals surface area contributed by atoms with Crippen LogP contribution in [0, 0.1) is 0 Å². The number of benzene rings is 4. The summed E-state index contributed by atoms with van der Waals surface area (Å²) in [6.45, 7) is -1.04. The van der Waals surface area contributed by atoms with E-state index in [1.165, 1.54) is 72.8 Å². The number of carbonyl (C=O) groups excluding carboxylic acids is 3. The van der Waals surface area contributed by atoms with Gasteiger partial charge in [0.2, 0.25) is 28.6 Å². The molecule has 1 fully saturated rings. The fourth-order valence-electron chi connectivity index (χ4n) is 5.30. The number of hydrogen-bond acceptors (Lipinski definition) is 9. The van der Waals surface area contributed by atoms with Crippen molar-refractivity contribution < 1.29 is 39.5 Å². The summed E-state index contributed by atoms with van der Waals surface area (Å²) in [5.41, 5.74) is -12.4. The van der Waals surface area contributed by atoms with E-state index in [9.17, 15) is 34.8 Å².